The number of alkyl halides is 3. The normalized spacial score (nSPS) is 11.8. The Morgan fingerprint density at radius 2 is 1.83 bits per heavy atom. The molecule has 0 bridgehead atoms. The Bertz CT molecular complexity index is 1190. The first kappa shape index (κ1) is 18.9. The molecule has 3 aromatic heterocycles. The molecule has 29 heavy (non-hydrogen) atoms. The Balaban J connectivity index is 1.71. The Morgan fingerprint density at radius 1 is 1.03 bits per heavy atom. The van der Waals surface area contributed by atoms with E-state index in [0.717, 1.165) is 34.3 Å². The smallest absolute Gasteiger partial charge is 0.416 e. The molecule has 4 rings (SSSR count). The predicted molar refractivity (Wildman–Crippen MR) is 104 cm³/mol. The molecule has 0 saturated heterocycles. The minimum Gasteiger partial charge on any atom is -0.497 e. The summed E-state index contributed by atoms with van der Waals surface area (Å²) < 4.78 is 48.1. The van der Waals surface area contributed by atoms with Gasteiger partial charge in [-0.25, -0.2) is 4.98 Å². The van der Waals surface area contributed by atoms with Gasteiger partial charge in [0.2, 0.25) is 0 Å². The summed E-state index contributed by atoms with van der Waals surface area (Å²) in [5.74, 6) is 0.541. The molecule has 4 aromatic rings. The molecule has 0 amide bonds. The number of halogens is 3. The summed E-state index contributed by atoms with van der Waals surface area (Å²) >= 11 is 0. The lowest BCUT2D eigenvalue weighted by Crippen LogP contribution is -2.06. The van der Waals surface area contributed by atoms with Crippen LogP contribution in [-0.2, 0) is 20.3 Å². The molecular formula is C20H18F3N5O. The number of hydrogen-bond donors (Lipinski definition) is 1. The number of hydrogen-bond acceptors (Lipinski definition) is 4. The second-order valence-corrected chi connectivity index (χ2v) is 6.69. The van der Waals surface area contributed by atoms with E-state index in [4.69, 9.17) is 4.74 Å². The fraction of sp³-hybridized carbons (Fsp3) is 0.200. The number of pyridine rings is 1. The number of methoxy groups -OCH3 is 1. The zero-order chi connectivity index (χ0) is 20.8. The van der Waals surface area contributed by atoms with E-state index in [9.17, 15) is 13.2 Å². The number of aryl methyl sites for hydroxylation is 2. The van der Waals surface area contributed by atoms with Crippen molar-refractivity contribution in [2.75, 3.05) is 12.4 Å². The molecular weight excluding hydrogens is 383 g/mol. The third-order valence-electron chi connectivity index (χ3n) is 4.67. The van der Waals surface area contributed by atoms with Gasteiger partial charge >= 0.3 is 6.18 Å². The average molecular weight is 401 g/mol. The zero-order valence-electron chi connectivity index (χ0n) is 15.9. The van der Waals surface area contributed by atoms with E-state index in [1.54, 1.807) is 23.1 Å². The van der Waals surface area contributed by atoms with Crippen LogP contribution in [0.5, 0.6) is 5.75 Å². The zero-order valence-corrected chi connectivity index (χ0v) is 15.9. The summed E-state index contributed by atoms with van der Waals surface area (Å²) in [4.78, 5) is 4.34. The number of anilines is 2. The van der Waals surface area contributed by atoms with Gasteiger partial charge in [-0.1, -0.05) is 0 Å². The Hall–Kier alpha value is -3.49. The lowest BCUT2D eigenvalue weighted by Gasteiger charge is -2.13. The number of benzene rings is 1. The molecule has 0 spiro atoms. The topological polar surface area (TPSA) is 56.9 Å². The van der Waals surface area contributed by atoms with Crippen LogP contribution < -0.4 is 10.1 Å². The molecule has 1 N–H and O–H groups in total. The van der Waals surface area contributed by atoms with Crippen LogP contribution in [0.4, 0.5) is 24.7 Å². The van der Waals surface area contributed by atoms with Crippen molar-refractivity contribution in [3.63, 3.8) is 0 Å². The van der Waals surface area contributed by atoms with Gasteiger partial charge in [-0.15, -0.1) is 0 Å². The predicted octanol–water partition coefficient (Wildman–Crippen LogP) is 4.74. The van der Waals surface area contributed by atoms with Crippen molar-refractivity contribution in [1.82, 2.24) is 19.3 Å². The van der Waals surface area contributed by atoms with Crippen molar-refractivity contribution in [2.24, 2.45) is 14.1 Å². The lowest BCUT2D eigenvalue weighted by atomic mass is 10.1. The summed E-state index contributed by atoms with van der Waals surface area (Å²) in [6, 6.07) is 7.27. The van der Waals surface area contributed by atoms with Gasteiger partial charge in [0.05, 0.1) is 30.1 Å². The molecule has 1 aromatic carbocycles. The molecule has 9 heteroatoms. The molecule has 0 saturated carbocycles. The third kappa shape index (κ3) is 3.63. The van der Waals surface area contributed by atoms with Crippen LogP contribution in [0, 0.1) is 0 Å². The summed E-state index contributed by atoms with van der Waals surface area (Å²) in [6.45, 7) is 0. The maximum absolute atomic E-state index is 13.1. The van der Waals surface area contributed by atoms with Crippen molar-refractivity contribution in [2.45, 2.75) is 6.18 Å². The van der Waals surface area contributed by atoms with Gasteiger partial charge in [-0.3, -0.25) is 4.68 Å². The van der Waals surface area contributed by atoms with Crippen molar-refractivity contribution in [3.8, 4) is 17.0 Å². The molecule has 0 fully saturated rings. The van der Waals surface area contributed by atoms with Gasteiger partial charge in [0.25, 0.3) is 0 Å². The largest absolute Gasteiger partial charge is 0.497 e. The average Bonchev–Trinajstić information content (AvgIpc) is 3.24. The fourth-order valence-corrected chi connectivity index (χ4v) is 3.23. The van der Waals surface area contributed by atoms with Gasteiger partial charge in [-0.05, 0) is 18.2 Å². The van der Waals surface area contributed by atoms with E-state index < -0.39 is 11.7 Å². The summed E-state index contributed by atoms with van der Waals surface area (Å²) in [5.41, 5.74) is 2.26. The second kappa shape index (κ2) is 6.84. The van der Waals surface area contributed by atoms with Crippen LogP contribution >= 0.6 is 0 Å². The first-order valence-corrected chi connectivity index (χ1v) is 8.72. The number of ether oxygens (including phenoxy) is 1. The summed E-state index contributed by atoms with van der Waals surface area (Å²) in [7, 11) is 5.09. The molecule has 0 aliphatic heterocycles. The first-order valence-electron chi connectivity index (χ1n) is 8.72. The van der Waals surface area contributed by atoms with Crippen LogP contribution in [0.25, 0.3) is 22.2 Å². The standard InChI is InChI=1S/C20H18F3N5O/c1-27-11-13(10-25-27)17-4-12-9-24-19(8-18(12)28(17)2)26-15-5-14(20(21,22)23)6-16(7-15)29-3/h4-11H,1-3H3,(H,24,26). The van der Waals surface area contributed by atoms with Crippen LogP contribution in [0.1, 0.15) is 5.56 Å². The van der Waals surface area contributed by atoms with E-state index in [1.165, 1.54) is 13.2 Å². The molecule has 150 valence electrons. The number of nitrogens with zero attached hydrogens (tertiary/aromatic N) is 4. The first-order chi connectivity index (χ1) is 13.7. The summed E-state index contributed by atoms with van der Waals surface area (Å²) in [6.07, 6.45) is 0.896. The van der Waals surface area contributed by atoms with E-state index in [-0.39, 0.29) is 11.4 Å². The maximum Gasteiger partial charge on any atom is 0.416 e. The molecule has 6 nitrogen and oxygen atoms in total. The van der Waals surface area contributed by atoms with Gasteiger partial charge in [0.1, 0.15) is 11.6 Å². The molecule has 3 heterocycles. The van der Waals surface area contributed by atoms with E-state index in [1.807, 2.05) is 30.9 Å². The van der Waals surface area contributed by atoms with Gasteiger partial charge in [0, 0.05) is 55.3 Å². The van der Waals surface area contributed by atoms with Gasteiger partial charge in [-0.2, -0.15) is 18.3 Å². The Kier molecular flexibility index (Phi) is 4.45. The molecule has 0 aliphatic carbocycles. The van der Waals surface area contributed by atoms with Gasteiger partial charge in [0.15, 0.2) is 0 Å². The Labute approximate surface area is 164 Å². The van der Waals surface area contributed by atoms with E-state index in [2.05, 4.69) is 15.4 Å². The monoisotopic (exact) mass is 401 g/mol. The Morgan fingerprint density at radius 3 is 2.48 bits per heavy atom. The second-order valence-electron chi connectivity index (χ2n) is 6.69. The molecule has 0 atom stereocenters. The summed E-state index contributed by atoms with van der Waals surface area (Å²) in [5, 5.41) is 8.05. The number of aromatic nitrogens is 4. The number of rotatable bonds is 4. The molecule has 0 unspecified atom stereocenters. The van der Waals surface area contributed by atoms with E-state index >= 15 is 0 Å². The highest BCUT2D eigenvalue weighted by atomic mass is 19.4. The molecule has 0 radical (unpaired) electrons. The number of nitrogens with one attached hydrogen (secondary N) is 1. The van der Waals surface area contributed by atoms with Crippen LogP contribution in [0.2, 0.25) is 0 Å². The van der Waals surface area contributed by atoms with Crippen molar-refractivity contribution >= 4 is 22.4 Å². The van der Waals surface area contributed by atoms with Crippen molar-refractivity contribution in [1.29, 1.82) is 0 Å². The van der Waals surface area contributed by atoms with Gasteiger partial charge < -0.3 is 14.6 Å². The molecule has 0 aliphatic rings. The highest BCUT2D eigenvalue weighted by Crippen LogP contribution is 2.35. The highest BCUT2D eigenvalue weighted by Gasteiger charge is 2.31. The minimum absolute atomic E-state index is 0.112. The lowest BCUT2D eigenvalue weighted by molar-refractivity contribution is -0.137. The SMILES string of the molecule is COc1cc(Nc2cc3c(cn2)cc(-c2cnn(C)c2)n3C)cc(C(F)(F)F)c1. The van der Waals surface area contributed by atoms with E-state index in [0.29, 0.717) is 5.82 Å². The maximum atomic E-state index is 13.1. The minimum atomic E-state index is -4.47. The van der Waals surface area contributed by atoms with Crippen LogP contribution in [0.15, 0.2) is 48.9 Å². The third-order valence-corrected chi connectivity index (χ3v) is 4.67. The highest BCUT2D eigenvalue weighted by molar-refractivity contribution is 5.88. The van der Waals surface area contributed by atoms with Crippen LogP contribution in [0.3, 0.4) is 0 Å². The van der Waals surface area contributed by atoms with Crippen molar-refractivity contribution < 1.29 is 17.9 Å². The van der Waals surface area contributed by atoms with Crippen molar-refractivity contribution in [3.05, 3.63) is 54.5 Å². The quantitative estimate of drug-likeness (QED) is 0.536. The van der Waals surface area contributed by atoms with Crippen LogP contribution in [-0.4, -0.2) is 26.4 Å². The number of fused-ring (bicyclic) bond motifs is 1. The fourth-order valence-electron chi connectivity index (χ4n) is 3.23.